The molecule has 2 aromatic rings. The molecule has 0 spiro atoms. The number of nitrogens with zero attached hydrogens (tertiary/aromatic N) is 2. The van der Waals surface area contributed by atoms with Crippen molar-refractivity contribution < 1.29 is 13.2 Å². The third-order valence-corrected chi connectivity index (χ3v) is 4.38. The molecule has 3 rings (SSSR count). The Morgan fingerprint density at radius 2 is 1.71 bits per heavy atom. The molecule has 1 N–H and O–H groups in total. The molecule has 0 saturated carbocycles. The van der Waals surface area contributed by atoms with Crippen LogP contribution in [0.3, 0.4) is 0 Å². The minimum atomic E-state index is -4.66. The minimum Gasteiger partial charge on any atom is -0.341 e. The number of benzene rings is 1. The molecule has 0 aliphatic carbocycles. The summed E-state index contributed by atoms with van der Waals surface area (Å²) in [5.41, 5.74) is -0.481. The lowest BCUT2D eigenvalue weighted by atomic mass is 9.85. The van der Waals surface area contributed by atoms with Gasteiger partial charge >= 0.3 is 11.9 Å². The van der Waals surface area contributed by atoms with Crippen LogP contribution in [0, 0.1) is 13.8 Å². The molecule has 0 radical (unpaired) electrons. The van der Waals surface area contributed by atoms with Crippen LogP contribution in [0.1, 0.15) is 28.2 Å². The highest BCUT2D eigenvalue weighted by atomic mass is 19.4. The smallest absolute Gasteiger partial charge is 0.341 e. The zero-order valence-corrected chi connectivity index (χ0v) is 13.6. The lowest BCUT2D eigenvalue weighted by molar-refractivity contribution is -0.141. The average molecular weight is 339 g/mol. The van der Waals surface area contributed by atoms with Crippen molar-refractivity contribution in [1.82, 2.24) is 9.13 Å². The molecule has 128 valence electrons. The first-order chi connectivity index (χ1) is 11.0. The monoisotopic (exact) mass is 339 g/mol. The molecule has 1 atom stereocenters. The number of aromatic nitrogens is 2. The minimum absolute atomic E-state index is 0.00301. The first kappa shape index (κ1) is 16.4. The van der Waals surface area contributed by atoms with Gasteiger partial charge in [0.1, 0.15) is 11.7 Å². The van der Waals surface area contributed by atoms with Gasteiger partial charge in [-0.15, -0.1) is 0 Å². The van der Waals surface area contributed by atoms with Crippen LogP contribution in [0.15, 0.2) is 21.7 Å². The van der Waals surface area contributed by atoms with E-state index >= 15 is 0 Å². The van der Waals surface area contributed by atoms with Crippen molar-refractivity contribution in [3.05, 3.63) is 55.2 Å². The molecule has 0 saturated heterocycles. The fourth-order valence-corrected chi connectivity index (χ4v) is 3.29. The Morgan fingerprint density at radius 3 is 2.29 bits per heavy atom. The Kier molecular flexibility index (Phi) is 3.40. The summed E-state index contributed by atoms with van der Waals surface area (Å²) in [6.07, 6.45) is -4.66. The van der Waals surface area contributed by atoms with Crippen molar-refractivity contribution in [3.63, 3.8) is 0 Å². The molecule has 1 aromatic heterocycles. The predicted octanol–water partition coefficient (Wildman–Crippen LogP) is 2.45. The van der Waals surface area contributed by atoms with Crippen molar-refractivity contribution in [3.8, 4) is 0 Å². The number of hydrogen-bond acceptors (Lipinski definition) is 3. The van der Waals surface area contributed by atoms with Gasteiger partial charge in [-0.1, -0.05) is 17.7 Å². The van der Waals surface area contributed by atoms with E-state index in [1.54, 1.807) is 19.9 Å². The van der Waals surface area contributed by atoms with Gasteiger partial charge in [0.2, 0.25) is 0 Å². The second-order valence-corrected chi connectivity index (χ2v) is 6.11. The zero-order valence-electron chi connectivity index (χ0n) is 13.6. The summed E-state index contributed by atoms with van der Waals surface area (Å²) in [6, 6.07) is 3.18. The molecule has 0 fully saturated rings. The van der Waals surface area contributed by atoms with E-state index in [0.717, 1.165) is 4.57 Å². The Balaban J connectivity index is 2.48. The Labute approximate surface area is 135 Å². The second-order valence-electron chi connectivity index (χ2n) is 6.11. The third-order valence-electron chi connectivity index (χ3n) is 4.38. The number of aryl methyl sites for hydroxylation is 2. The lowest BCUT2D eigenvalue weighted by Crippen LogP contribution is -2.44. The van der Waals surface area contributed by atoms with E-state index in [-0.39, 0.29) is 11.4 Å². The molecular weight excluding hydrogens is 323 g/mol. The first-order valence-electron chi connectivity index (χ1n) is 7.28. The van der Waals surface area contributed by atoms with Crippen LogP contribution >= 0.6 is 0 Å². The van der Waals surface area contributed by atoms with Gasteiger partial charge in [0.05, 0.1) is 5.56 Å². The summed E-state index contributed by atoms with van der Waals surface area (Å²) in [7, 11) is 2.52. The summed E-state index contributed by atoms with van der Waals surface area (Å²) in [5.74, 6) is -2.18. The number of halogens is 3. The molecule has 0 amide bonds. The molecule has 8 heteroatoms. The van der Waals surface area contributed by atoms with Gasteiger partial charge in [-0.2, -0.15) is 13.2 Å². The first-order valence-corrected chi connectivity index (χ1v) is 7.28. The van der Waals surface area contributed by atoms with Gasteiger partial charge in [0, 0.05) is 19.8 Å². The van der Waals surface area contributed by atoms with E-state index in [2.05, 4.69) is 5.32 Å². The highest BCUT2D eigenvalue weighted by molar-refractivity contribution is 5.74. The summed E-state index contributed by atoms with van der Waals surface area (Å²) in [4.78, 5) is 24.5. The van der Waals surface area contributed by atoms with Crippen molar-refractivity contribution >= 4 is 11.5 Å². The van der Waals surface area contributed by atoms with Crippen LogP contribution in [0.25, 0.3) is 0 Å². The van der Waals surface area contributed by atoms with Gasteiger partial charge in [0.25, 0.3) is 5.56 Å². The molecule has 1 unspecified atom stereocenters. The summed E-state index contributed by atoms with van der Waals surface area (Å²) in [5, 5.41) is 2.86. The summed E-state index contributed by atoms with van der Waals surface area (Å²) < 4.78 is 43.3. The molecular formula is C16H16F3N3O2. The van der Waals surface area contributed by atoms with Gasteiger partial charge in [-0.25, -0.2) is 4.79 Å². The van der Waals surface area contributed by atoms with Crippen molar-refractivity contribution in [2.45, 2.75) is 25.9 Å². The number of anilines is 2. The van der Waals surface area contributed by atoms with Crippen molar-refractivity contribution in [2.75, 3.05) is 5.32 Å². The maximum absolute atomic E-state index is 13.8. The van der Waals surface area contributed by atoms with Crippen LogP contribution in [0.2, 0.25) is 0 Å². The van der Waals surface area contributed by atoms with Gasteiger partial charge in [-0.05, 0) is 25.0 Å². The van der Waals surface area contributed by atoms with Crippen LogP contribution in [-0.4, -0.2) is 15.3 Å². The van der Waals surface area contributed by atoms with E-state index in [4.69, 9.17) is 0 Å². The quantitative estimate of drug-likeness (QED) is 0.802. The Bertz CT molecular complexity index is 970. The molecule has 24 heavy (non-hydrogen) atoms. The fourth-order valence-electron chi connectivity index (χ4n) is 3.29. The highest BCUT2D eigenvalue weighted by Crippen LogP contribution is 2.48. The maximum Gasteiger partial charge on any atom is 0.400 e. The molecule has 0 bridgehead atoms. The summed E-state index contributed by atoms with van der Waals surface area (Å²) in [6.45, 7) is 3.39. The van der Waals surface area contributed by atoms with Gasteiger partial charge in [0.15, 0.2) is 0 Å². The predicted molar refractivity (Wildman–Crippen MR) is 84.0 cm³/mol. The average Bonchev–Trinajstić information content (AvgIpc) is 2.48. The van der Waals surface area contributed by atoms with Crippen LogP contribution in [0.5, 0.6) is 0 Å². The zero-order chi connectivity index (χ0) is 18.0. The van der Waals surface area contributed by atoms with Crippen LogP contribution in [-0.2, 0) is 14.1 Å². The van der Waals surface area contributed by atoms with E-state index in [9.17, 15) is 22.8 Å². The number of nitrogens with one attached hydrogen (secondary N) is 1. The molecule has 2 heterocycles. The topological polar surface area (TPSA) is 56.0 Å². The van der Waals surface area contributed by atoms with E-state index in [0.29, 0.717) is 21.4 Å². The molecule has 5 nitrogen and oxygen atoms in total. The number of rotatable bonds is 0. The highest BCUT2D eigenvalue weighted by Gasteiger charge is 2.48. The molecule has 1 aromatic carbocycles. The Morgan fingerprint density at radius 1 is 1.08 bits per heavy atom. The third kappa shape index (κ3) is 2.16. The number of alkyl halides is 3. The summed E-state index contributed by atoms with van der Waals surface area (Å²) >= 11 is 0. The molecule has 1 aliphatic heterocycles. The normalized spacial score (nSPS) is 16.4. The van der Waals surface area contributed by atoms with E-state index < -0.39 is 28.9 Å². The Hall–Kier alpha value is -2.51. The van der Waals surface area contributed by atoms with E-state index in [1.807, 2.05) is 0 Å². The van der Waals surface area contributed by atoms with Gasteiger partial charge in [-0.3, -0.25) is 13.9 Å². The SMILES string of the molecule is Cc1cc(C)c2c(c1)C(C(F)(F)F)c1c(n(C)c(=O)n(C)c1=O)N2. The second kappa shape index (κ2) is 4.99. The fraction of sp³-hybridized carbons (Fsp3) is 0.375. The van der Waals surface area contributed by atoms with Gasteiger partial charge < -0.3 is 5.32 Å². The van der Waals surface area contributed by atoms with Crippen LogP contribution < -0.4 is 16.6 Å². The standard InChI is InChI=1S/C16H16F3N3O2/c1-7-5-8(2)12-9(6-7)11(16(17,18)19)10-13(20-12)21(3)15(24)22(4)14(10)23/h5-6,11,20H,1-4H3. The van der Waals surface area contributed by atoms with Crippen molar-refractivity contribution in [1.29, 1.82) is 0 Å². The largest absolute Gasteiger partial charge is 0.400 e. The van der Waals surface area contributed by atoms with Crippen molar-refractivity contribution in [2.24, 2.45) is 14.1 Å². The van der Waals surface area contributed by atoms with Crippen LogP contribution in [0.4, 0.5) is 24.7 Å². The number of hydrogen-bond donors (Lipinski definition) is 1. The number of fused-ring (bicyclic) bond motifs is 2. The molecule has 1 aliphatic rings. The lowest BCUT2D eigenvalue weighted by Gasteiger charge is -2.32. The maximum atomic E-state index is 13.8. The van der Waals surface area contributed by atoms with E-state index in [1.165, 1.54) is 20.2 Å².